The highest BCUT2D eigenvalue weighted by Crippen LogP contribution is 2.41. The molecule has 4 aromatic rings. The van der Waals surface area contributed by atoms with Crippen molar-refractivity contribution in [3.8, 4) is 28.1 Å². The maximum absolute atomic E-state index is 14.7. The lowest BCUT2D eigenvalue weighted by Gasteiger charge is -2.40. The summed E-state index contributed by atoms with van der Waals surface area (Å²) in [5.74, 6) is -3.79. The number of hydrazine groups is 1. The number of ether oxygens (including phenoxy) is 3. The van der Waals surface area contributed by atoms with E-state index < -0.39 is 64.5 Å². The van der Waals surface area contributed by atoms with Gasteiger partial charge in [-0.1, -0.05) is 39.8 Å². The second kappa shape index (κ2) is 19.3. The summed E-state index contributed by atoms with van der Waals surface area (Å²) < 4.78 is 18.6. The Morgan fingerprint density at radius 1 is 1.04 bits per heavy atom. The second-order valence-electron chi connectivity index (χ2n) is 19.2. The maximum atomic E-state index is 14.7. The Balaban J connectivity index is 1.32. The van der Waals surface area contributed by atoms with E-state index in [2.05, 4.69) is 33.3 Å². The van der Waals surface area contributed by atoms with E-state index in [9.17, 15) is 39.3 Å². The number of rotatable bonds is 9. The van der Waals surface area contributed by atoms with E-state index in [0.29, 0.717) is 30.7 Å². The molecule has 4 amide bonds. The average Bonchev–Trinajstić information content (AvgIpc) is 3.84. The number of phenolic OH excluding ortho intramolecular Hbond substituents is 1. The van der Waals surface area contributed by atoms with Gasteiger partial charge in [0.25, 0.3) is 11.8 Å². The van der Waals surface area contributed by atoms with Crippen LogP contribution in [0.4, 0.5) is 4.79 Å². The van der Waals surface area contributed by atoms with Crippen LogP contribution in [-0.2, 0) is 59.4 Å². The van der Waals surface area contributed by atoms with Gasteiger partial charge in [-0.25, -0.2) is 9.59 Å². The molecule has 7 rings (SSSR count). The first-order valence-corrected chi connectivity index (χ1v) is 22.8. The average molecular weight is 926 g/mol. The van der Waals surface area contributed by atoms with Crippen LogP contribution in [0.15, 0.2) is 54.9 Å². The van der Waals surface area contributed by atoms with Gasteiger partial charge in [0, 0.05) is 87.3 Å². The summed E-state index contributed by atoms with van der Waals surface area (Å²) in [5, 5.41) is 39.5. The maximum Gasteiger partial charge on any atom is 0.409 e. The summed E-state index contributed by atoms with van der Waals surface area (Å²) in [6.45, 7) is 10.1. The number of aromatic nitrogens is 2. The Morgan fingerprint density at radius 3 is 2.51 bits per heavy atom. The number of aliphatic hydroxyl groups is 2. The molecule has 5 N–H and O–H groups in total. The zero-order valence-electron chi connectivity index (χ0n) is 39.6. The molecule has 0 spiro atoms. The number of aryl methyl sites for hydroxylation is 1. The third-order valence-electron chi connectivity index (χ3n) is 13.1. The molecule has 0 unspecified atom stereocenters. The number of phenols is 1. The number of fused-ring (bicyclic) bond motifs is 6. The second-order valence-corrected chi connectivity index (χ2v) is 19.2. The number of β-amino-alcohol motifs (C(OH)–C–C–N with tert-alkyl or cyclic N) is 1. The fourth-order valence-corrected chi connectivity index (χ4v) is 9.86. The molecule has 0 aliphatic carbocycles. The first-order chi connectivity index (χ1) is 31.7. The van der Waals surface area contributed by atoms with Crippen molar-refractivity contribution in [1.82, 2.24) is 35.1 Å². The summed E-state index contributed by atoms with van der Waals surface area (Å²) in [5.41, 5.74) is 4.32. The molecular formula is C49H63N7O11. The number of amides is 4. The Labute approximate surface area is 390 Å². The smallest absolute Gasteiger partial charge is 0.409 e. The lowest BCUT2D eigenvalue weighted by Crippen LogP contribution is -2.67. The van der Waals surface area contributed by atoms with Gasteiger partial charge in [0.05, 0.1) is 32.6 Å². The van der Waals surface area contributed by atoms with Crippen LogP contribution in [-0.4, -0.2) is 140 Å². The molecule has 2 aromatic heterocycles. The van der Waals surface area contributed by atoms with Crippen LogP contribution in [0.25, 0.3) is 33.3 Å². The molecule has 18 nitrogen and oxygen atoms in total. The fourth-order valence-electron chi connectivity index (χ4n) is 9.86. The normalized spacial score (nSPS) is 22.6. The third-order valence-corrected chi connectivity index (χ3v) is 13.1. The molecule has 0 saturated carbocycles. The Bertz CT molecular complexity index is 2560. The zero-order valence-corrected chi connectivity index (χ0v) is 39.6. The van der Waals surface area contributed by atoms with Crippen molar-refractivity contribution in [2.24, 2.45) is 11.3 Å². The van der Waals surface area contributed by atoms with Crippen molar-refractivity contribution in [3.63, 3.8) is 0 Å². The predicted octanol–water partition coefficient (Wildman–Crippen LogP) is 3.90. The third kappa shape index (κ3) is 9.84. The van der Waals surface area contributed by atoms with Crippen molar-refractivity contribution in [2.45, 2.75) is 103 Å². The number of likely N-dealkylation sites (N-methyl/N-ethyl adjacent to an activating group) is 1. The molecule has 2 fully saturated rings. The van der Waals surface area contributed by atoms with Crippen molar-refractivity contribution >= 4 is 40.7 Å². The van der Waals surface area contributed by atoms with Crippen molar-refractivity contribution < 1.29 is 53.5 Å². The monoisotopic (exact) mass is 925 g/mol. The lowest BCUT2D eigenvalue weighted by molar-refractivity contribution is -0.189. The molecule has 18 heteroatoms. The number of benzene rings is 2. The Kier molecular flexibility index (Phi) is 14.0. The first kappa shape index (κ1) is 48.8. The molecule has 360 valence electrons. The molecule has 0 radical (unpaired) electrons. The summed E-state index contributed by atoms with van der Waals surface area (Å²) in [7, 11) is 4.22. The SMILES string of the molecule is CCn1c(-c2cnccc2COC)c2c3cc(ccc31)-c1cc(O)cc(c1)C[C@H](NC(=O)[C@H](C(C)C)N(C)C(=O)[C@@]1(O)CCN(C(=O)OC)C1)C(=O)N1CCC[C@@](O)(N1)C(=O)OCC(C)(C)C2. The minimum atomic E-state index is -2.30. The number of carbonyl (C=O) groups is 5. The Morgan fingerprint density at radius 2 is 1.81 bits per heavy atom. The van der Waals surface area contributed by atoms with Crippen LogP contribution in [0.3, 0.4) is 0 Å². The summed E-state index contributed by atoms with van der Waals surface area (Å²) in [6, 6.07) is 10.4. The van der Waals surface area contributed by atoms with Gasteiger partial charge < -0.3 is 49.2 Å². The van der Waals surface area contributed by atoms with E-state index in [0.717, 1.165) is 48.8 Å². The van der Waals surface area contributed by atoms with Crippen LogP contribution in [0.5, 0.6) is 5.75 Å². The quantitative estimate of drug-likeness (QED) is 0.151. The van der Waals surface area contributed by atoms with Crippen molar-refractivity contribution in [3.05, 3.63) is 71.5 Å². The van der Waals surface area contributed by atoms with Crippen LogP contribution in [0, 0.1) is 11.3 Å². The number of nitrogens with zero attached hydrogens (tertiary/aromatic N) is 5. The highest BCUT2D eigenvalue weighted by atomic mass is 16.6. The number of nitrogens with one attached hydrogen (secondary N) is 2. The highest BCUT2D eigenvalue weighted by Gasteiger charge is 2.49. The topological polar surface area (TPSA) is 225 Å². The Hall–Kier alpha value is -6.08. The number of esters is 1. The van der Waals surface area contributed by atoms with Crippen molar-refractivity contribution in [2.75, 3.05) is 47.5 Å². The number of aromatic hydroxyl groups is 1. The first-order valence-electron chi connectivity index (χ1n) is 22.8. The number of carbonyl (C=O) groups excluding carboxylic acids is 5. The minimum Gasteiger partial charge on any atom is -0.508 e. The van der Waals surface area contributed by atoms with Crippen LogP contribution in [0.1, 0.15) is 70.6 Å². The van der Waals surface area contributed by atoms with E-state index in [4.69, 9.17) is 14.2 Å². The van der Waals surface area contributed by atoms with E-state index in [1.54, 1.807) is 33.2 Å². The standard InChI is InChI=1S/C49H63N7O11/c1-9-55-39-12-11-31-23-35(39)36(41(55)37-25-50-16-13-32(37)26-65-7)24-47(4,5)28-67-45(61)49(64)14-10-17-56(52-49)43(59)38(21-30-19-33(31)22-34(57)20-30)51-42(58)40(29(2)3)53(6)44(60)48(63)15-18-54(27-48)46(62)66-8/h11-13,16,19-20,22-23,25,29,38,40,52,57,63-64H,9-10,14-15,17-18,21,24,26-28H2,1-8H3,(H,51,58)/t38-,40-,48+,49-/m0/s1. The van der Waals surface area contributed by atoms with Gasteiger partial charge in [-0.05, 0) is 83.8 Å². The number of cyclic esters (lactones) is 1. The van der Waals surface area contributed by atoms with Gasteiger partial charge in [-0.2, -0.15) is 5.43 Å². The number of hydrogen-bond donors (Lipinski definition) is 5. The number of likely N-dealkylation sites (tertiary alicyclic amines) is 1. The van der Waals surface area contributed by atoms with Gasteiger partial charge in [0.2, 0.25) is 11.6 Å². The van der Waals surface area contributed by atoms with Gasteiger partial charge in [-0.15, -0.1) is 0 Å². The van der Waals surface area contributed by atoms with Gasteiger partial charge >= 0.3 is 12.1 Å². The van der Waals surface area contributed by atoms with Crippen molar-refractivity contribution in [1.29, 1.82) is 0 Å². The van der Waals surface area contributed by atoms with E-state index in [1.807, 2.05) is 44.3 Å². The molecule has 6 bridgehead atoms. The summed E-state index contributed by atoms with van der Waals surface area (Å²) in [6.07, 6.45) is 3.19. The number of pyridine rings is 1. The number of methoxy groups -OCH3 is 2. The highest BCUT2D eigenvalue weighted by molar-refractivity contribution is 5.96. The summed E-state index contributed by atoms with van der Waals surface area (Å²) in [4.78, 5) is 76.3. The molecular weight excluding hydrogens is 863 g/mol. The minimum absolute atomic E-state index is 0.0622. The van der Waals surface area contributed by atoms with E-state index >= 15 is 0 Å². The lowest BCUT2D eigenvalue weighted by atomic mass is 9.84. The summed E-state index contributed by atoms with van der Waals surface area (Å²) >= 11 is 0. The van der Waals surface area contributed by atoms with Gasteiger partial charge in [0.1, 0.15) is 17.8 Å². The van der Waals surface area contributed by atoms with Gasteiger partial charge in [-0.3, -0.25) is 24.4 Å². The fraction of sp³-hybridized carbons (Fsp3) is 0.510. The van der Waals surface area contributed by atoms with E-state index in [1.165, 1.54) is 25.1 Å². The van der Waals surface area contributed by atoms with Crippen LogP contribution >= 0.6 is 0 Å². The molecule has 3 aliphatic heterocycles. The molecule has 67 heavy (non-hydrogen) atoms. The van der Waals surface area contributed by atoms with Crippen LogP contribution in [0.2, 0.25) is 0 Å². The largest absolute Gasteiger partial charge is 0.508 e. The van der Waals surface area contributed by atoms with Gasteiger partial charge in [0.15, 0.2) is 5.60 Å². The van der Waals surface area contributed by atoms with Crippen LogP contribution < -0.4 is 10.7 Å². The predicted molar refractivity (Wildman–Crippen MR) is 247 cm³/mol. The molecule has 3 aliphatic rings. The number of hydrogen-bond acceptors (Lipinski definition) is 13. The van der Waals surface area contributed by atoms with E-state index in [-0.39, 0.29) is 57.7 Å². The molecule has 2 aromatic carbocycles. The zero-order chi connectivity index (χ0) is 48.6. The molecule has 2 saturated heterocycles. The molecule has 4 atom stereocenters. The molecule has 5 heterocycles.